The number of halogens is 1. The Labute approximate surface area is 167 Å². The molecular formula is C23H22ClN2P. The summed E-state index contributed by atoms with van der Waals surface area (Å²) < 4.78 is 1.87. The lowest BCUT2D eigenvalue weighted by molar-refractivity contribution is 0.913. The SMILES string of the molecule is Cn1cnc(CCl)c1.c1ccc(P(c2ccccc2)c2ccccc2)cc1. The van der Waals surface area contributed by atoms with Crippen LogP contribution in [0.4, 0.5) is 0 Å². The van der Waals surface area contributed by atoms with Crippen molar-refractivity contribution in [2.45, 2.75) is 5.88 Å². The van der Waals surface area contributed by atoms with Crippen LogP contribution in [0.15, 0.2) is 104 Å². The maximum Gasteiger partial charge on any atom is 0.0947 e. The normalized spacial score (nSPS) is 10.3. The van der Waals surface area contributed by atoms with E-state index in [4.69, 9.17) is 11.6 Å². The standard InChI is InChI=1S/C18H15P.C5H7ClN2/c1-4-10-16(11-5-1)19(17-12-6-2-7-13-17)18-14-8-3-9-15-18;1-8-3-5(2-6)7-4-8/h1-15H;3-4H,2H2,1H3. The minimum Gasteiger partial charge on any atom is -0.340 e. The topological polar surface area (TPSA) is 17.8 Å². The molecule has 1 aromatic heterocycles. The molecule has 2 nitrogen and oxygen atoms in total. The van der Waals surface area contributed by atoms with Crippen molar-refractivity contribution < 1.29 is 0 Å². The highest BCUT2D eigenvalue weighted by Crippen LogP contribution is 2.32. The Morgan fingerprint density at radius 2 is 1.15 bits per heavy atom. The fourth-order valence-electron chi connectivity index (χ4n) is 2.71. The summed E-state index contributed by atoms with van der Waals surface area (Å²) >= 11 is 5.46. The molecule has 0 amide bonds. The second-order valence-corrected chi connectivity index (χ2v) is 8.49. The van der Waals surface area contributed by atoms with Crippen LogP contribution in [0.2, 0.25) is 0 Å². The molecule has 0 aliphatic heterocycles. The van der Waals surface area contributed by atoms with Gasteiger partial charge in [0.1, 0.15) is 0 Å². The van der Waals surface area contributed by atoms with Crippen LogP contribution >= 0.6 is 19.5 Å². The van der Waals surface area contributed by atoms with Crippen molar-refractivity contribution in [3.05, 3.63) is 109 Å². The van der Waals surface area contributed by atoms with E-state index in [0.717, 1.165) is 5.69 Å². The zero-order valence-corrected chi connectivity index (χ0v) is 16.9. The maximum absolute atomic E-state index is 5.46. The molecule has 0 bridgehead atoms. The third-order valence-corrected chi connectivity index (χ3v) is 6.66. The van der Waals surface area contributed by atoms with Gasteiger partial charge < -0.3 is 4.57 Å². The van der Waals surface area contributed by atoms with E-state index in [2.05, 4.69) is 96.0 Å². The number of rotatable bonds is 4. The quantitative estimate of drug-likeness (QED) is 0.366. The predicted molar refractivity (Wildman–Crippen MR) is 118 cm³/mol. The molecule has 4 aromatic rings. The lowest BCUT2D eigenvalue weighted by atomic mass is 10.4. The van der Waals surface area contributed by atoms with E-state index in [0.29, 0.717) is 5.88 Å². The van der Waals surface area contributed by atoms with Crippen molar-refractivity contribution in [3.8, 4) is 0 Å². The van der Waals surface area contributed by atoms with Crippen LogP contribution < -0.4 is 15.9 Å². The van der Waals surface area contributed by atoms with Crippen molar-refractivity contribution in [2.75, 3.05) is 0 Å². The van der Waals surface area contributed by atoms with E-state index < -0.39 is 7.92 Å². The Balaban J connectivity index is 0.000000221. The average Bonchev–Trinajstić information content (AvgIpc) is 3.17. The third kappa shape index (κ3) is 5.53. The van der Waals surface area contributed by atoms with Crippen molar-refractivity contribution >= 4 is 35.4 Å². The van der Waals surface area contributed by atoms with E-state index in [9.17, 15) is 0 Å². The zero-order chi connectivity index (χ0) is 18.9. The molecule has 0 spiro atoms. The Morgan fingerprint density at radius 3 is 1.41 bits per heavy atom. The number of benzene rings is 3. The van der Waals surface area contributed by atoms with Crippen LogP contribution in [-0.2, 0) is 12.9 Å². The fourth-order valence-corrected chi connectivity index (χ4v) is 5.16. The molecule has 0 aliphatic carbocycles. The van der Waals surface area contributed by atoms with Gasteiger partial charge in [0.15, 0.2) is 0 Å². The minimum atomic E-state index is -0.446. The maximum atomic E-state index is 5.46. The van der Waals surface area contributed by atoms with Crippen LogP contribution in [0.5, 0.6) is 0 Å². The summed E-state index contributed by atoms with van der Waals surface area (Å²) in [7, 11) is 1.47. The first kappa shape index (κ1) is 19.4. The second-order valence-electron chi connectivity index (χ2n) is 6.01. The van der Waals surface area contributed by atoms with Crippen LogP contribution in [0.25, 0.3) is 0 Å². The average molecular weight is 393 g/mol. The summed E-state index contributed by atoms with van der Waals surface area (Å²) in [6.45, 7) is 0. The smallest absolute Gasteiger partial charge is 0.0947 e. The summed E-state index contributed by atoms with van der Waals surface area (Å²) in [6.07, 6.45) is 3.63. The van der Waals surface area contributed by atoms with Gasteiger partial charge in [-0.25, -0.2) is 4.98 Å². The molecule has 0 unspecified atom stereocenters. The summed E-state index contributed by atoms with van der Waals surface area (Å²) in [5.41, 5.74) is 0.925. The van der Waals surface area contributed by atoms with Gasteiger partial charge in [0.25, 0.3) is 0 Å². The van der Waals surface area contributed by atoms with Gasteiger partial charge in [-0.15, -0.1) is 11.6 Å². The first-order valence-corrected chi connectivity index (χ1v) is 10.6. The Bertz CT molecular complexity index is 830. The predicted octanol–water partition coefficient (Wildman–Crippen LogP) is 4.60. The first-order valence-electron chi connectivity index (χ1n) is 8.76. The molecule has 0 N–H and O–H groups in total. The summed E-state index contributed by atoms with van der Waals surface area (Å²) in [5.74, 6) is 0.501. The number of alkyl halides is 1. The molecule has 0 atom stereocenters. The molecule has 0 saturated heterocycles. The van der Waals surface area contributed by atoms with E-state index in [-0.39, 0.29) is 0 Å². The number of aryl methyl sites for hydroxylation is 1. The summed E-state index contributed by atoms with van der Waals surface area (Å²) in [4.78, 5) is 3.97. The molecule has 0 fully saturated rings. The molecule has 136 valence electrons. The van der Waals surface area contributed by atoms with Gasteiger partial charge in [0.05, 0.1) is 17.9 Å². The molecule has 1 heterocycles. The molecule has 27 heavy (non-hydrogen) atoms. The molecule has 4 heteroatoms. The van der Waals surface area contributed by atoms with Crippen LogP contribution in [0.3, 0.4) is 0 Å². The van der Waals surface area contributed by atoms with Gasteiger partial charge in [-0.3, -0.25) is 0 Å². The van der Waals surface area contributed by atoms with Gasteiger partial charge in [0.2, 0.25) is 0 Å². The van der Waals surface area contributed by atoms with E-state index >= 15 is 0 Å². The molecule has 4 rings (SSSR count). The lowest BCUT2D eigenvalue weighted by Crippen LogP contribution is -2.20. The Hall–Kier alpha value is -2.41. The largest absolute Gasteiger partial charge is 0.340 e. The van der Waals surface area contributed by atoms with Crippen molar-refractivity contribution in [1.29, 1.82) is 0 Å². The van der Waals surface area contributed by atoms with Crippen molar-refractivity contribution in [2.24, 2.45) is 7.05 Å². The summed E-state index contributed by atoms with van der Waals surface area (Å²) in [6, 6.07) is 32.3. The molecular weight excluding hydrogens is 371 g/mol. The highest BCUT2D eigenvalue weighted by atomic mass is 35.5. The molecule has 0 saturated carbocycles. The van der Waals surface area contributed by atoms with Crippen LogP contribution in [0, 0.1) is 0 Å². The van der Waals surface area contributed by atoms with Crippen molar-refractivity contribution in [1.82, 2.24) is 9.55 Å². The second kappa shape index (κ2) is 10.1. The monoisotopic (exact) mass is 392 g/mol. The number of imidazole rings is 1. The van der Waals surface area contributed by atoms with E-state index in [1.54, 1.807) is 6.33 Å². The number of hydrogen-bond donors (Lipinski definition) is 0. The van der Waals surface area contributed by atoms with Crippen LogP contribution in [0.1, 0.15) is 5.69 Å². The van der Waals surface area contributed by atoms with Crippen molar-refractivity contribution in [3.63, 3.8) is 0 Å². The number of aromatic nitrogens is 2. The molecule has 3 aromatic carbocycles. The Morgan fingerprint density at radius 1 is 0.741 bits per heavy atom. The van der Waals surface area contributed by atoms with Gasteiger partial charge in [-0.2, -0.15) is 0 Å². The first-order chi connectivity index (χ1) is 13.3. The van der Waals surface area contributed by atoms with E-state index in [1.165, 1.54) is 15.9 Å². The third-order valence-electron chi connectivity index (χ3n) is 3.94. The summed E-state index contributed by atoms with van der Waals surface area (Å²) in [5, 5.41) is 4.19. The van der Waals surface area contributed by atoms with Gasteiger partial charge >= 0.3 is 0 Å². The number of nitrogens with zero attached hydrogens (tertiary/aromatic N) is 2. The van der Waals surface area contributed by atoms with Crippen LogP contribution in [-0.4, -0.2) is 9.55 Å². The lowest BCUT2D eigenvalue weighted by Gasteiger charge is -2.18. The molecule has 0 radical (unpaired) electrons. The number of hydrogen-bond acceptors (Lipinski definition) is 1. The highest BCUT2D eigenvalue weighted by Gasteiger charge is 2.14. The van der Waals surface area contributed by atoms with E-state index in [1.807, 2.05) is 17.8 Å². The molecule has 0 aliphatic rings. The van der Waals surface area contributed by atoms with Gasteiger partial charge in [0, 0.05) is 13.2 Å². The highest BCUT2D eigenvalue weighted by molar-refractivity contribution is 7.79. The fraction of sp³-hybridized carbons (Fsp3) is 0.0870. The zero-order valence-electron chi connectivity index (χ0n) is 15.2. The van der Waals surface area contributed by atoms with Gasteiger partial charge in [-0.05, 0) is 23.8 Å². The Kier molecular flexibility index (Phi) is 7.21. The minimum absolute atomic E-state index is 0.446. The van der Waals surface area contributed by atoms with Gasteiger partial charge in [-0.1, -0.05) is 91.0 Å².